The van der Waals surface area contributed by atoms with Crippen molar-refractivity contribution in [1.29, 1.82) is 0 Å². The standard InChI is InChI=1S/C15H21NO3S/c1-3-10-7-9-20-12(10)13(17)16-11-6-4-5-8-15(11,2)14(18)19/h7,9,11H,3-6,8H2,1-2H3,(H,16,17)(H,18,19). The van der Waals surface area contributed by atoms with Crippen LogP contribution in [0.5, 0.6) is 0 Å². The molecule has 2 atom stereocenters. The summed E-state index contributed by atoms with van der Waals surface area (Å²) in [6.07, 6.45) is 4.06. The van der Waals surface area contributed by atoms with E-state index in [1.807, 2.05) is 18.4 Å². The van der Waals surface area contributed by atoms with Gasteiger partial charge in [-0.1, -0.05) is 19.8 Å². The highest BCUT2D eigenvalue weighted by atomic mass is 32.1. The average molecular weight is 295 g/mol. The summed E-state index contributed by atoms with van der Waals surface area (Å²) < 4.78 is 0. The number of carbonyl (C=O) groups is 2. The average Bonchev–Trinajstić information content (AvgIpc) is 2.89. The van der Waals surface area contributed by atoms with Crippen LogP contribution in [0.4, 0.5) is 0 Å². The second kappa shape index (κ2) is 5.95. The lowest BCUT2D eigenvalue weighted by molar-refractivity contribution is -0.151. The first-order valence-corrected chi connectivity index (χ1v) is 7.97. The molecule has 2 rings (SSSR count). The SMILES string of the molecule is CCc1ccsc1C(=O)NC1CCCCC1(C)C(=O)O. The number of aryl methyl sites for hydroxylation is 1. The maximum Gasteiger partial charge on any atom is 0.311 e. The van der Waals surface area contributed by atoms with E-state index >= 15 is 0 Å². The molecule has 110 valence electrons. The first kappa shape index (κ1) is 15.0. The Morgan fingerprint density at radius 1 is 1.50 bits per heavy atom. The fraction of sp³-hybridized carbons (Fsp3) is 0.600. The number of carbonyl (C=O) groups excluding carboxylic acids is 1. The summed E-state index contributed by atoms with van der Waals surface area (Å²) in [7, 11) is 0. The van der Waals surface area contributed by atoms with E-state index in [9.17, 15) is 14.7 Å². The minimum absolute atomic E-state index is 0.128. The van der Waals surface area contributed by atoms with E-state index in [1.165, 1.54) is 11.3 Å². The van der Waals surface area contributed by atoms with Gasteiger partial charge in [-0.05, 0) is 43.2 Å². The van der Waals surface area contributed by atoms with Crippen LogP contribution in [-0.2, 0) is 11.2 Å². The molecule has 0 radical (unpaired) electrons. The molecule has 0 saturated heterocycles. The second-order valence-electron chi connectivity index (χ2n) is 5.62. The smallest absolute Gasteiger partial charge is 0.311 e. The van der Waals surface area contributed by atoms with E-state index in [2.05, 4.69) is 5.32 Å². The van der Waals surface area contributed by atoms with E-state index in [0.717, 1.165) is 31.2 Å². The summed E-state index contributed by atoms with van der Waals surface area (Å²) in [4.78, 5) is 24.6. The number of carboxylic acid groups (broad SMARTS) is 1. The maximum absolute atomic E-state index is 12.4. The number of hydrogen-bond acceptors (Lipinski definition) is 3. The Morgan fingerprint density at radius 3 is 2.90 bits per heavy atom. The fourth-order valence-electron chi connectivity index (χ4n) is 2.86. The van der Waals surface area contributed by atoms with E-state index < -0.39 is 11.4 Å². The van der Waals surface area contributed by atoms with Crippen molar-refractivity contribution >= 4 is 23.2 Å². The topological polar surface area (TPSA) is 66.4 Å². The van der Waals surface area contributed by atoms with Gasteiger partial charge in [0.25, 0.3) is 5.91 Å². The van der Waals surface area contributed by atoms with Crippen LogP contribution < -0.4 is 5.32 Å². The predicted octanol–water partition coefficient (Wildman–Crippen LogP) is 3.07. The first-order chi connectivity index (χ1) is 9.49. The molecule has 1 saturated carbocycles. The number of aliphatic carboxylic acids is 1. The van der Waals surface area contributed by atoms with Crippen molar-refractivity contribution in [2.45, 2.75) is 52.0 Å². The summed E-state index contributed by atoms with van der Waals surface area (Å²) in [6, 6.07) is 1.67. The third-order valence-electron chi connectivity index (χ3n) is 4.34. The molecular weight excluding hydrogens is 274 g/mol. The Labute approximate surface area is 123 Å². The molecule has 2 unspecified atom stereocenters. The first-order valence-electron chi connectivity index (χ1n) is 7.09. The predicted molar refractivity (Wildman–Crippen MR) is 79.2 cm³/mol. The fourth-order valence-corrected chi connectivity index (χ4v) is 3.76. The minimum Gasteiger partial charge on any atom is -0.481 e. The van der Waals surface area contributed by atoms with Crippen molar-refractivity contribution in [2.75, 3.05) is 0 Å². The molecule has 2 N–H and O–H groups in total. The second-order valence-corrected chi connectivity index (χ2v) is 6.54. The van der Waals surface area contributed by atoms with Crippen LogP contribution in [0.15, 0.2) is 11.4 Å². The van der Waals surface area contributed by atoms with E-state index in [4.69, 9.17) is 0 Å². The van der Waals surface area contributed by atoms with Crippen LogP contribution in [0.25, 0.3) is 0 Å². The van der Waals surface area contributed by atoms with E-state index in [-0.39, 0.29) is 11.9 Å². The van der Waals surface area contributed by atoms with Gasteiger partial charge in [-0.2, -0.15) is 0 Å². The van der Waals surface area contributed by atoms with Gasteiger partial charge in [0, 0.05) is 6.04 Å². The lowest BCUT2D eigenvalue weighted by Gasteiger charge is -2.38. The highest BCUT2D eigenvalue weighted by Gasteiger charge is 2.44. The summed E-state index contributed by atoms with van der Waals surface area (Å²) >= 11 is 1.42. The highest BCUT2D eigenvalue weighted by molar-refractivity contribution is 7.12. The molecule has 0 bridgehead atoms. The molecular formula is C15H21NO3S. The minimum atomic E-state index is -0.850. The molecule has 1 heterocycles. The summed E-state index contributed by atoms with van der Waals surface area (Å²) in [5, 5.41) is 14.3. The summed E-state index contributed by atoms with van der Waals surface area (Å²) in [5.74, 6) is -0.944. The van der Waals surface area contributed by atoms with Crippen molar-refractivity contribution in [2.24, 2.45) is 5.41 Å². The molecule has 1 aromatic heterocycles. The van der Waals surface area contributed by atoms with Crippen molar-refractivity contribution in [3.05, 3.63) is 21.9 Å². The van der Waals surface area contributed by atoms with Crippen LogP contribution in [0.2, 0.25) is 0 Å². The molecule has 0 aliphatic heterocycles. The van der Waals surface area contributed by atoms with Crippen molar-refractivity contribution in [1.82, 2.24) is 5.32 Å². The lowest BCUT2D eigenvalue weighted by Crippen LogP contribution is -2.52. The highest BCUT2D eigenvalue weighted by Crippen LogP contribution is 2.36. The van der Waals surface area contributed by atoms with Crippen LogP contribution >= 0.6 is 11.3 Å². The van der Waals surface area contributed by atoms with Crippen LogP contribution in [0.3, 0.4) is 0 Å². The Hall–Kier alpha value is -1.36. The molecule has 4 nitrogen and oxygen atoms in total. The largest absolute Gasteiger partial charge is 0.481 e. The third kappa shape index (κ3) is 2.73. The lowest BCUT2D eigenvalue weighted by atomic mass is 9.71. The number of thiophene rings is 1. The molecule has 1 aromatic rings. The molecule has 5 heteroatoms. The number of nitrogens with one attached hydrogen (secondary N) is 1. The van der Waals surface area contributed by atoms with Gasteiger partial charge in [0.15, 0.2) is 0 Å². The molecule has 0 aromatic carbocycles. The van der Waals surface area contributed by atoms with Gasteiger partial charge in [0.1, 0.15) is 0 Å². The Balaban J connectivity index is 2.15. The summed E-state index contributed by atoms with van der Waals surface area (Å²) in [5.41, 5.74) is 0.178. The quantitative estimate of drug-likeness (QED) is 0.897. The van der Waals surface area contributed by atoms with Gasteiger partial charge in [-0.3, -0.25) is 9.59 Å². The molecule has 1 aliphatic carbocycles. The van der Waals surface area contributed by atoms with Gasteiger partial charge in [0.2, 0.25) is 0 Å². The number of hydrogen-bond donors (Lipinski definition) is 2. The third-order valence-corrected chi connectivity index (χ3v) is 5.29. The Kier molecular flexibility index (Phi) is 4.48. The van der Waals surface area contributed by atoms with Crippen LogP contribution in [0.1, 0.15) is 54.8 Å². The monoisotopic (exact) mass is 295 g/mol. The molecule has 1 aliphatic rings. The zero-order valence-electron chi connectivity index (χ0n) is 11.9. The van der Waals surface area contributed by atoms with Crippen LogP contribution in [-0.4, -0.2) is 23.0 Å². The molecule has 1 amide bonds. The van der Waals surface area contributed by atoms with Gasteiger partial charge >= 0.3 is 5.97 Å². The van der Waals surface area contributed by atoms with Gasteiger partial charge in [0.05, 0.1) is 10.3 Å². The van der Waals surface area contributed by atoms with Crippen molar-refractivity contribution in [3.8, 4) is 0 Å². The zero-order chi connectivity index (χ0) is 14.8. The normalized spacial score (nSPS) is 26.2. The van der Waals surface area contributed by atoms with Crippen molar-refractivity contribution in [3.63, 3.8) is 0 Å². The van der Waals surface area contributed by atoms with Crippen molar-refractivity contribution < 1.29 is 14.7 Å². The Bertz CT molecular complexity index is 511. The van der Waals surface area contributed by atoms with E-state index in [0.29, 0.717) is 11.3 Å². The zero-order valence-corrected chi connectivity index (χ0v) is 12.8. The molecule has 20 heavy (non-hydrogen) atoms. The van der Waals surface area contributed by atoms with Gasteiger partial charge < -0.3 is 10.4 Å². The summed E-state index contributed by atoms with van der Waals surface area (Å²) in [6.45, 7) is 3.76. The van der Waals surface area contributed by atoms with E-state index in [1.54, 1.807) is 6.92 Å². The van der Waals surface area contributed by atoms with Gasteiger partial charge in [-0.25, -0.2) is 0 Å². The molecule has 1 fully saturated rings. The molecule has 0 spiro atoms. The number of amides is 1. The van der Waals surface area contributed by atoms with Gasteiger partial charge in [-0.15, -0.1) is 11.3 Å². The number of rotatable bonds is 4. The maximum atomic E-state index is 12.4. The number of carboxylic acids is 1. The Morgan fingerprint density at radius 2 is 2.25 bits per heavy atom. The van der Waals surface area contributed by atoms with Crippen LogP contribution in [0, 0.1) is 5.41 Å².